The van der Waals surface area contributed by atoms with E-state index in [-0.39, 0.29) is 24.8 Å². The molecule has 1 aromatic heterocycles. The Kier molecular flexibility index (Phi) is 6.46. The minimum atomic E-state index is -0.124. The van der Waals surface area contributed by atoms with Crippen LogP contribution < -0.4 is 10.1 Å². The molecule has 1 aliphatic heterocycles. The lowest BCUT2D eigenvalue weighted by molar-refractivity contribution is -0.137. The van der Waals surface area contributed by atoms with Crippen LogP contribution in [0.15, 0.2) is 41.0 Å². The van der Waals surface area contributed by atoms with E-state index in [4.69, 9.17) is 13.9 Å². The molecule has 168 valence electrons. The second-order valence-corrected chi connectivity index (χ2v) is 8.13. The lowest BCUT2D eigenvalue weighted by Crippen LogP contribution is -2.42. The Labute approximate surface area is 187 Å². The van der Waals surface area contributed by atoms with Gasteiger partial charge < -0.3 is 24.1 Å². The molecule has 7 heteroatoms. The summed E-state index contributed by atoms with van der Waals surface area (Å²) in [5.41, 5.74) is 5.76. The molecule has 2 aromatic carbocycles. The van der Waals surface area contributed by atoms with Crippen LogP contribution in [0.1, 0.15) is 22.3 Å². The zero-order chi connectivity index (χ0) is 22.7. The predicted molar refractivity (Wildman–Crippen MR) is 122 cm³/mol. The molecule has 1 fully saturated rings. The second kappa shape index (κ2) is 9.44. The van der Waals surface area contributed by atoms with Crippen LogP contribution in [0.3, 0.4) is 0 Å². The van der Waals surface area contributed by atoms with E-state index in [9.17, 15) is 9.59 Å². The quantitative estimate of drug-likeness (QED) is 0.636. The molecular weight excluding hydrogens is 408 g/mol. The van der Waals surface area contributed by atoms with Gasteiger partial charge in [0.15, 0.2) is 6.61 Å². The molecule has 0 spiro atoms. The molecule has 1 saturated heterocycles. The van der Waals surface area contributed by atoms with Crippen molar-refractivity contribution in [2.45, 2.75) is 27.2 Å². The Morgan fingerprint density at radius 3 is 2.50 bits per heavy atom. The lowest BCUT2D eigenvalue weighted by atomic mass is 9.99. The number of nitrogens with zero attached hydrogens (tertiary/aromatic N) is 1. The highest BCUT2D eigenvalue weighted by molar-refractivity contribution is 5.97. The monoisotopic (exact) mass is 436 g/mol. The molecule has 7 nitrogen and oxygen atoms in total. The second-order valence-electron chi connectivity index (χ2n) is 8.13. The number of ether oxygens (including phenoxy) is 2. The number of fused-ring (bicyclic) bond motifs is 1. The number of aryl methyl sites for hydroxylation is 3. The summed E-state index contributed by atoms with van der Waals surface area (Å²) in [7, 11) is 0. The molecule has 4 rings (SSSR count). The lowest BCUT2D eigenvalue weighted by Gasteiger charge is -2.26. The Morgan fingerprint density at radius 2 is 1.78 bits per heavy atom. The number of benzene rings is 2. The zero-order valence-electron chi connectivity index (χ0n) is 18.7. The summed E-state index contributed by atoms with van der Waals surface area (Å²) in [5, 5.41) is 3.92. The topological polar surface area (TPSA) is 81.0 Å². The van der Waals surface area contributed by atoms with E-state index < -0.39 is 0 Å². The molecule has 0 bridgehead atoms. The van der Waals surface area contributed by atoms with Crippen molar-refractivity contribution < 1.29 is 23.5 Å². The van der Waals surface area contributed by atoms with Gasteiger partial charge in [-0.25, -0.2) is 0 Å². The smallest absolute Gasteiger partial charge is 0.260 e. The third-order valence-corrected chi connectivity index (χ3v) is 5.84. The van der Waals surface area contributed by atoms with E-state index in [2.05, 4.69) is 18.3 Å². The predicted octanol–water partition coefficient (Wildman–Crippen LogP) is 3.78. The molecular formula is C25H28N2O5. The standard InChI is InChI=1S/C25H28N2O5/c1-16-12-17(2)24-19(14-32-25(24)18(16)3)13-22(28)26-20-4-6-21(7-5-20)31-15-23(29)27-8-10-30-11-9-27/h4-7,12,14H,8-11,13,15H2,1-3H3,(H,26,28). The minimum absolute atomic E-state index is 0.0164. The Bertz CT molecular complexity index is 1130. The van der Waals surface area contributed by atoms with Gasteiger partial charge in [-0.3, -0.25) is 9.59 Å². The van der Waals surface area contributed by atoms with Crippen molar-refractivity contribution in [2.24, 2.45) is 0 Å². The SMILES string of the molecule is Cc1cc(C)c2c(CC(=O)Nc3ccc(OCC(=O)N4CCOCC4)cc3)coc2c1C. The van der Waals surface area contributed by atoms with Crippen LogP contribution in [0, 0.1) is 20.8 Å². The van der Waals surface area contributed by atoms with Gasteiger partial charge in [0.1, 0.15) is 11.3 Å². The van der Waals surface area contributed by atoms with Gasteiger partial charge in [-0.1, -0.05) is 6.07 Å². The van der Waals surface area contributed by atoms with E-state index in [0.717, 1.165) is 27.7 Å². The van der Waals surface area contributed by atoms with E-state index in [1.807, 2.05) is 13.8 Å². The third kappa shape index (κ3) is 4.78. The first-order valence-corrected chi connectivity index (χ1v) is 10.8. The Balaban J connectivity index is 1.34. The van der Waals surface area contributed by atoms with Crippen LogP contribution in [0.25, 0.3) is 11.0 Å². The third-order valence-electron chi connectivity index (χ3n) is 5.84. The number of hydrogen-bond acceptors (Lipinski definition) is 5. The van der Waals surface area contributed by atoms with Gasteiger partial charge in [-0.05, 0) is 61.7 Å². The minimum Gasteiger partial charge on any atom is -0.484 e. The first kappa shape index (κ1) is 21.9. The molecule has 2 amide bonds. The van der Waals surface area contributed by atoms with Gasteiger partial charge in [-0.2, -0.15) is 0 Å². The van der Waals surface area contributed by atoms with Gasteiger partial charge >= 0.3 is 0 Å². The fourth-order valence-electron chi connectivity index (χ4n) is 3.98. The average Bonchev–Trinajstić information content (AvgIpc) is 3.21. The fourth-order valence-corrected chi connectivity index (χ4v) is 3.98. The first-order valence-electron chi connectivity index (χ1n) is 10.8. The van der Waals surface area contributed by atoms with Crippen molar-refractivity contribution in [3.8, 4) is 5.75 Å². The van der Waals surface area contributed by atoms with E-state index in [1.165, 1.54) is 5.56 Å². The van der Waals surface area contributed by atoms with Gasteiger partial charge in [0.05, 0.1) is 25.9 Å². The van der Waals surface area contributed by atoms with Crippen LogP contribution in [0.5, 0.6) is 5.75 Å². The van der Waals surface area contributed by atoms with Crippen LogP contribution in [0.4, 0.5) is 5.69 Å². The molecule has 0 aliphatic carbocycles. The Morgan fingerprint density at radius 1 is 1.06 bits per heavy atom. The summed E-state index contributed by atoms with van der Waals surface area (Å²) in [6.45, 7) is 8.42. The van der Waals surface area contributed by atoms with Gasteiger partial charge in [0.25, 0.3) is 5.91 Å². The maximum absolute atomic E-state index is 12.6. The fraction of sp³-hybridized carbons (Fsp3) is 0.360. The number of carbonyl (C=O) groups excluding carboxylic acids is 2. The molecule has 3 aromatic rings. The van der Waals surface area contributed by atoms with Gasteiger partial charge in [-0.15, -0.1) is 0 Å². The van der Waals surface area contributed by atoms with Crippen molar-refractivity contribution >= 4 is 28.5 Å². The molecule has 0 saturated carbocycles. The summed E-state index contributed by atoms with van der Waals surface area (Å²) >= 11 is 0. The van der Waals surface area contributed by atoms with Gasteiger partial charge in [0.2, 0.25) is 5.91 Å². The van der Waals surface area contributed by atoms with Crippen LogP contribution >= 0.6 is 0 Å². The normalized spacial score (nSPS) is 13.9. The summed E-state index contributed by atoms with van der Waals surface area (Å²) in [6.07, 6.45) is 1.90. The number of carbonyl (C=O) groups is 2. The van der Waals surface area contributed by atoms with Crippen LogP contribution in [-0.4, -0.2) is 49.6 Å². The molecule has 0 atom stereocenters. The molecule has 1 N–H and O–H groups in total. The maximum Gasteiger partial charge on any atom is 0.260 e. The summed E-state index contributed by atoms with van der Waals surface area (Å²) in [4.78, 5) is 26.5. The van der Waals surface area contributed by atoms with Crippen LogP contribution in [-0.2, 0) is 20.7 Å². The number of hydrogen-bond donors (Lipinski definition) is 1. The van der Waals surface area contributed by atoms with Crippen molar-refractivity contribution in [3.63, 3.8) is 0 Å². The van der Waals surface area contributed by atoms with E-state index >= 15 is 0 Å². The molecule has 0 unspecified atom stereocenters. The summed E-state index contributed by atoms with van der Waals surface area (Å²) < 4.78 is 16.6. The number of anilines is 1. The van der Waals surface area contributed by atoms with Crippen molar-refractivity contribution in [3.05, 3.63) is 58.8 Å². The number of amides is 2. The molecule has 1 aliphatic rings. The number of furan rings is 1. The summed E-state index contributed by atoms with van der Waals surface area (Å²) in [5.74, 6) is 0.396. The number of morpholine rings is 1. The van der Waals surface area contributed by atoms with Crippen LogP contribution in [0.2, 0.25) is 0 Å². The van der Waals surface area contributed by atoms with Crippen molar-refractivity contribution in [1.29, 1.82) is 0 Å². The molecule has 32 heavy (non-hydrogen) atoms. The number of rotatable bonds is 6. The maximum atomic E-state index is 12.6. The first-order chi connectivity index (χ1) is 15.4. The van der Waals surface area contributed by atoms with Gasteiger partial charge in [0, 0.05) is 29.7 Å². The van der Waals surface area contributed by atoms with E-state index in [0.29, 0.717) is 37.7 Å². The summed E-state index contributed by atoms with van der Waals surface area (Å²) in [6, 6.07) is 9.13. The van der Waals surface area contributed by atoms with E-state index in [1.54, 1.807) is 35.4 Å². The molecule has 2 heterocycles. The zero-order valence-corrected chi connectivity index (χ0v) is 18.7. The Hall–Kier alpha value is -3.32. The average molecular weight is 437 g/mol. The molecule has 0 radical (unpaired) electrons. The number of nitrogens with one attached hydrogen (secondary N) is 1. The highest BCUT2D eigenvalue weighted by atomic mass is 16.5. The highest BCUT2D eigenvalue weighted by Gasteiger charge is 2.18. The largest absolute Gasteiger partial charge is 0.484 e. The van der Waals surface area contributed by atoms with Crippen molar-refractivity contribution in [1.82, 2.24) is 4.90 Å². The van der Waals surface area contributed by atoms with Crippen molar-refractivity contribution in [2.75, 3.05) is 38.2 Å². The highest BCUT2D eigenvalue weighted by Crippen LogP contribution is 2.30.